The normalized spacial score (nSPS) is 7.67. The lowest BCUT2D eigenvalue weighted by Gasteiger charge is -1.80. The van der Waals surface area contributed by atoms with Gasteiger partial charge in [-0.1, -0.05) is 0 Å². The van der Waals surface area contributed by atoms with Gasteiger partial charge >= 0.3 is 0 Å². The van der Waals surface area contributed by atoms with Crippen LogP contribution < -0.4 is 0 Å². The van der Waals surface area contributed by atoms with Gasteiger partial charge in [-0.05, 0) is 19.0 Å². The molecule has 0 heterocycles. The van der Waals surface area contributed by atoms with Gasteiger partial charge in [0.2, 0.25) is 0 Å². The molecule has 0 aliphatic rings. The summed E-state index contributed by atoms with van der Waals surface area (Å²) in [6, 6.07) is 0. The maximum absolute atomic E-state index is 3.62. The smallest absolute Gasteiger partial charge is 0.0331 e. The van der Waals surface area contributed by atoms with E-state index in [4.69, 9.17) is 0 Å². The highest BCUT2D eigenvalue weighted by Gasteiger charge is 1.72. The minimum atomic E-state index is 1.31. The first-order valence-corrected chi connectivity index (χ1v) is 3.82. The Morgan fingerprint density at radius 1 is 1.67 bits per heavy atom. The largest absolute Gasteiger partial charge is 0.150 e. The van der Waals surface area contributed by atoms with Gasteiger partial charge < -0.3 is 0 Å². The second-order valence-corrected chi connectivity index (χ2v) is 3.02. The molecule has 6 heavy (non-hydrogen) atoms. The summed E-state index contributed by atoms with van der Waals surface area (Å²) in [5.41, 5.74) is 0. The topological polar surface area (TPSA) is 0 Å². The molecule has 0 aromatic heterocycles. The summed E-state index contributed by atoms with van der Waals surface area (Å²) in [4.78, 5) is 0. The summed E-state index contributed by atoms with van der Waals surface area (Å²) in [6.07, 6.45) is 2.05. The van der Waals surface area contributed by atoms with Gasteiger partial charge in [-0.2, -0.15) is 10.9 Å². The van der Waals surface area contributed by atoms with Crippen molar-refractivity contribution in [1.82, 2.24) is 0 Å². The Kier molecular flexibility index (Phi) is 3.68. The molecular weight excluding hydrogens is 112 g/mol. The molecular formula is C4H8S2. The van der Waals surface area contributed by atoms with Crippen LogP contribution in [0.15, 0.2) is 0 Å². The number of thioether (sulfide) groups is 1. The molecule has 0 amide bonds. The van der Waals surface area contributed by atoms with Gasteiger partial charge in [-0.15, -0.1) is 11.8 Å². The number of hydrogen-bond donors (Lipinski definition) is 0. The summed E-state index contributed by atoms with van der Waals surface area (Å²) in [5, 5.41) is 0. The maximum Gasteiger partial charge on any atom is 0.0331 e. The van der Waals surface area contributed by atoms with E-state index in [0.29, 0.717) is 0 Å². The van der Waals surface area contributed by atoms with Crippen molar-refractivity contribution in [3.8, 4) is 0 Å². The molecule has 0 aromatic carbocycles. The van der Waals surface area contributed by atoms with E-state index >= 15 is 0 Å². The maximum atomic E-state index is 3.62. The second-order valence-electron chi connectivity index (χ2n) is 0.840. The standard InChI is InChI=1S/C4H8S2/c1-4(5-2)6-3/h2H2,1,3H3. The van der Waals surface area contributed by atoms with Crippen LogP contribution in [0.5, 0.6) is 0 Å². The molecule has 0 fully saturated rings. The van der Waals surface area contributed by atoms with Crippen molar-refractivity contribution in [3.63, 3.8) is 0 Å². The van der Waals surface area contributed by atoms with Crippen LogP contribution in [-0.2, 0) is 0 Å². The van der Waals surface area contributed by atoms with Gasteiger partial charge in [-0.25, -0.2) is 0 Å². The average Bonchev–Trinajstić information content (AvgIpc) is 1.65. The van der Waals surface area contributed by atoms with E-state index in [-0.39, 0.29) is 0 Å². The van der Waals surface area contributed by atoms with Crippen LogP contribution in [0.2, 0.25) is 0 Å². The third kappa shape index (κ3) is 2.54. The zero-order valence-electron chi connectivity index (χ0n) is 4.02. The van der Waals surface area contributed by atoms with Crippen LogP contribution in [0, 0.1) is 0 Å². The quantitative estimate of drug-likeness (QED) is 0.438. The van der Waals surface area contributed by atoms with Gasteiger partial charge in [0, 0.05) is 4.20 Å². The Hall–Kier alpha value is 0.310. The predicted octanol–water partition coefficient (Wildman–Crippen LogP) is 1.66. The van der Waals surface area contributed by atoms with Crippen molar-refractivity contribution in [1.29, 1.82) is 0 Å². The molecule has 0 rings (SSSR count). The number of rotatable bonds is 0. The van der Waals surface area contributed by atoms with Crippen LogP contribution in [0.4, 0.5) is 0 Å². The van der Waals surface area contributed by atoms with Gasteiger partial charge in [-0.3, -0.25) is 0 Å². The van der Waals surface area contributed by atoms with E-state index < -0.39 is 0 Å². The Labute approximate surface area is 46.5 Å². The van der Waals surface area contributed by atoms with Gasteiger partial charge in [0.25, 0.3) is 0 Å². The summed E-state index contributed by atoms with van der Waals surface area (Å²) < 4.78 is 1.31. The fourth-order valence-electron chi connectivity index (χ4n) is 0.0589. The molecule has 0 unspecified atom stereocenters. The summed E-state index contributed by atoms with van der Waals surface area (Å²) >= 11 is 1.74. The Bertz CT molecular complexity index is 79.5. The van der Waals surface area contributed by atoms with Crippen LogP contribution in [0.25, 0.3) is 0 Å². The molecule has 36 valence electrons. The van der Waals surface area contributed by atoms with Crippen molar-refractivity contribution in [2.75, 3.05) is 6.26 Å². The Morgan fingerprint density at radius 2 is 2.17 bits per heavy atom. The molecule has 0 aliphatic heterocycles. The van der Waals surface area contributed by atoms with E-state index in [9.17, 15) is 0 Å². The predicted molar refractivity (Wildman–Crippen MR) is 38.9 cm³/mol. The van der Waals surface area contributed by atoms with E-state index in [0.717, 1.165) is 0 Å². The highest BCUT2D eigenvalue weighted by molar-refractivity contribution is 8.25. The van der Waals surface area contributed by atoms with E-state index in [2.05, 4.69) is 12.8 Å². The highest BCUT2D eigenvalue weighted by atomic mass is 32.2. The minimum absolute atomic E-state index is 1.31. The SMILES string of the molecule is C=S=C(C)SC. The summed E-state index contributed by atoms with van der Waals surface area (Å²) in [6.45, 7) is 2.06. The summed E-state index contributed by atoms with van der Waals surface area (Å²) in [7, 11) is 1.55. The van der Waals surface area contributed by atoms with Crippen molar-refractivity contribution < 1.29 is 0 Å². The highest BCUT2D eigenvalue weighted by Crippen LogP contribution is 1.95. The van der Waals surface area contributed by atoms with Crippen LogP contribution in [-0.4, -0.2) is 16.3 Å². The fraction of sp³-hybridized carbons (Fsp3) is 0.500. The lowest BCUT2D eigenvalue weighted by atomic mass is 11.0. The van der Waals surface area contributed by atoms with Crippen molar-refractivity contribution >= 4 is 32.8 Å². The molecule has 2 heteroatoms. The molecule has 0 spiro atoms. The van der Waals surface area contributed by atoms with E-state index in [1.165, 1.54) is 4.20 Å². The first-order valence-electron chi connectivity index (χ1n) is 1.61. The van der Waals surface area contributed by atoms with Crippen molar-refractivity contribution in [2.24, 2.45) is 0 Å². The molecule has 0 N–H and O–H groups in total. The third-order valence-corrected chi connectivity index (χ3v) is 2.33. The van der Waals surface area contributed by atoms with Gasteiger partial charge in [0.15, 0.2) is 0 Å². The molecule has 0 aliphatic carbocycles. The van der Waals surface area contributed by atoms with E-state index in [1.54, 1.807) is 22.7 Å². The third-order valence-electron chi connectivity index (χ3n) is 0.491. The Morgan fingerprint density at radius 3 is 2.17 bits per heavy atom. The molecule has 0 radical (unpaired) electrons. The van der Waals surface area contributed by atoms with E-state index in [1.807, 2.05) is 6.26 Å². The first kappa shape index (κ1) is 6.31. The van der Waals surface area contributed by atoms with Gasteiger partial charge in [0.05, 0.1) is 0 Å². The minimum Gasteiger partial charge on any atom is -0.150 e. The molecule has 0 aromatic rings. The van der Waals surface area contributed by atoms with Crippen molar-refractivity contribution in [3.05, 3.63) is 0 Å². The zero-order chi connectivity index (χ0) is 4.99. The van der Waals surface area contributed by atoms with Crippen LogP contribution in [0.3, 0.4) is 0 Å². The molecule has 0 saturated carbocycles. The fourth-order valence-corrected chi connectivity index (χ4v) is 0.530. The monoisotopic (exact) mass is 120 g/mol. The number of hydrogen-bond acceptors (Lipinski definition) is 1. The Balaban J connectivity index is 3.52. The molecule has 0 atom stereocenters. The molecule has 0 nitrogen and oxygen atoms in total. The first-order chi connectivity index (χ1) is 2.81. The lowest BCUT2D eigenvalue weighted by Crippen LogP contribution is -1.68. The van der Waals surface area contributed by atoms with Crippen molar-refractivity contribution in [2.45, 2.75) is 6.92 Å². The second kappa shape index (κ2) is 3.50. The average molecular weight is 120 g/mol. The van der Waals surface area contributed by atoms with Crippen LogP contribution in [0.1, 0.15) is 6.92 Å². The molecule has 0 saturated heterocycles. The van der Waals surface area contributed by atoms with Crippen LogP contribution >= 0.6 is 22.7 Å². The van der Waals surface area contributed by atoms with Gasteiger partial charge in [0.1, 0.15) is 0 Å². The zero-order valence-corrected chi connectivity index (χ0v) is 5.66. The summed E-state index contributed by atoms with van der Waals surface area (Å²) in [5.74, 6) is 3.62. The molecule has 0 bridgehead atoms. The lowest BCUT2D eigenvalue weighted by molar-refractivity contribution is 2.11.